The SMILES string of the molecule is CCCCCCCCCC/C=C/CC/C=C/CC/C=C/C(O)C(COC1OC(CO)C(OC2OC(CO)C(OC3OC(CO)C(O)C(O)C3O)C(O)C2O)C(O)C1O)NC(=O)CCCCCCCCCCCCCCCCCCCCCCCCCCCCCC. The second-order valence-corrected chi connectivity index (χ2v) is 26.4. The Bertz CT molecular complexity index is 1790. The van der Waals surface area contributed by atoms with Gasteiger partial charge in [-0.1, -0.05) is 269 Å². The van der Waals surface area contributed by atoms with E-state index in [9.17, 15) is 61.0 Å². The molecule has 0 saturated carbocycles. The molecule has 0 radical (unpaired) electrons. The average molecular weight is 1300 g/mol. The number of carbonyl (C=O) groups is 1. The lowest BCUT2D eigenvalue weighted by Crippen LogP contribution is -2.66. The lowest BCUT2D eigenvalue weighted by Gasteiger charge is -2.48. The quantitative estimate of drug-likeness (QED) is 0.0199. The van der Waals surface area contributed by atoms with Gasteiger partial charge in [-0.15, -0.1) is 0 Å². The maximum absolute atomic E-state index is 13.4. The number of rotatable bonds is 57. The Morgan fingerprint density at radius 2 is 0.703 bits per heavy atom. The summed E-state index contributed by atoms with van der Waals surface area (Å²) in [6, 6.07) is -0.994. The zero-order valence-corrected chi connectivity index (χ0v) is 56.6. The molecule has 3 aliphatic heterocycles. The molecular weight excluding hydrogens is 1170 g/mol. The summed E-state index contributed by atoms with van der Waals surface area (Å²) >= 11 is 0. The molecule has 91 heavy (non-hydrogen) atoms. The molecule has 17 unspecified atom stereocenters. The zero-order chi connectivity index (χ0) is 66.1. The number of amides is 1. The van der Waals surface area contributed by atoms with Gasteiger partial charge in [0.05, 0.1) is 38.6 Å². The molecule has 3 rings (SSSR count). The third kappa shape index (κ3) is 35.7. The van der Waals surface area contributed by atoms with E-state index in [0.717, 1.165) is 44.9 Å². The van der Waals surface area contributed by atoms with Gasteiger partial charge in [-0.2, -0.15) is 0 Å². The minimum atomic E-state index is -1.98. The number of hydrogen-bond acceptors (Lipinski definition) is 18. The summed E-state index contributed by atoms with van der Waals surface area (Å²) in [5, 5.41) is 121. The first-order chi connectivity index (χ1) is 44.3. The van der Waals surface area contributed by atoms with Crippen LogP contribution in [-0.4, -0.2) is 193 Å². The lowest BCUT2D eigenvalue weighted by atomic mass is 9.96. The molecule has 534 valence electrons. The summed E-state index contributed by atoms with van der Waals surface area (Å²) in [5.74, 6) is -0.285. The first kappa shape index (κ1) is 83.2. The molecule has 12 N–H and O–H groups in total. The Morgan fingerprint density at radius 1 is 0.385 bits per heavy atom. The molecule has 1 amide bonds. The third-order valence-corrected chi connectivity index (χ3v) is 18.4. The van der Waals surface area contributed by atoms with Crippen molar-refractivity contribution in [2.24, 2.45) is 0 Å². The van der Waals surface area contributed by atoms with E-state index >= 15 is 0 Å². The highest BCUT2D eigenvalue weighted by Crippen LogP contribution is 2.33. The molecule has 3 heterocycles. The Hall–Kier alpha value is -1.99. The maximum Gasteiger partial charge on any atom is 0.220 e. The summed E-state index contributed by atoms with van der Waals surface area (Å²) in [4.78, 5) is 13.4. The van der Waals surface area contributed by atoms with E-state index in [0.29, 0.717) is 12.8 Å². The highest BCUT2D eigenvalue weighted by molar-refractivity contribution is 5.76. The van der Waals surface area contributed by atoms with E-state index in [1.165, 1.54) is 205 Å². The maximum atomic E-state index is 13.4. The van der Waals surface area contributed by atoms with Crippen LogP contribution < -0.4 is 5.32 Å². The van der Waals surface area contributed by atoms with Crippen LogP contribution in [0.4, 0.5) is 0 Å². The van der Waals surface area contributed by atoms with Gasteiger partial charge in [0, 0.05) is 6.42 Å². The molecule has 3 aliphatic rings. The number of hydrogen-bond donors (Lipinski definition) is 12. The standard InChI is InChI=1S/C72H133NO18/c1-3-5-7-9-11-13-15-17-19-21-23-24-25-26-27-28-29-30-31-32-34-36-38-40-42-44-46-48-50-60(78)73-55(56(77)49-47-45-43-41-39-37-35-33-22-20-18-16-14-12-10-8-6-4-2)54-86-70-66(84)63(81)68(58(52-75)88-70)91-72-67(85)64(82)69(59(53-76)89-72)90-71-65(83)62(80)61(79)57(51-74)87-71/h22,33,39,41,47,49,55-59,61-72,74-77,79-85H,3-21,23-32,34-38,40,42-46,48,50-54H2,1-2H3,(H,73,78)/b33-22+,41-39+,49-47+. The number of aliphatic hydroxyl groups excluding tert-OH is 11. The fraction of sp³-hybridized carbons (Fsp3) is 0.903. The van der Waals surface area contributed by atoms with Crippen LogP contribution in [0.5, 0.6) is 0 Å². The summed E-state index contributed by atoms with van der Waals surface area (Å²) in [6.45, 7) is 1.73. The highest BCUT2D eigenvalue weighted by Gasteiger charge is 2.53. The summed E-state index contributed by atoms with van der Waals surface area (Å²) in [5.41, 5.74) is 0. The fourth-order valence-electron chi connectivity index (χ4n) is 12.5. The minimum Gasteiger partial charge on any atom is -0.394 e. The molecule has 0 aromatic carbocycles. The monoisotopic (exact) mass is 1300 g/mol. The van der Waals surface area contributed by atoms with Crippen molar-refractivity contribution in [2.75, 3.05) is 26.4 Å². The van der Waals surface area contributed by atoms with Gasteiger partial charge in [0.15, 0.2) is 18.9 Å². The van der Waals surface area contributed by atoms with Crippen molar-refractivity contribution >= 4 is 5.91 Å². The molecule has 3 saturated heterocycles. The summed E-state index contributed by atoms with van der Waals surface area (Å²) < 4.78 is 34.3. The zero-order valence-electron chi connectivity index (χ0n) is 56.6. The van der Waals surface area contributed by atoms with Crippen molar-refractivity contribution in [2.45, 2.75) is 388 Å². The van der Waals surface area contributed by atoms with Crippen LogP contribution in [0.25, 0.3) is 0 Å². The minimum absolute atomic E-state index is 0.236. The van der Waals surface area contributed by atoms with Gasteiger partial charge in [0.25, 0.3) is 0 Å². The van der Waals surface area contributed by atoms with Crippen LogP contribution in [0.2, 0.25) is 0 Å². The predicted molar refractivity (Wildman–Crippen MR) is 356 cm³/mol. The third-order valence-electron chi connectivity index (χ3n) is 18.4. The second-order valence-electron chi connectivity index (χ2n) is 26.4. The molecule has 0 aromatic heterocycles. The summed E-state index contributed by atoms with van der Waals surface area (Å²) in [7, 11) is 0. The van der Waals surface area contributed by atoms with Crippen LogP contribution >= 0.6 is 0 Å². The Kier molecular flexibility index (Phi) is 49.5. The molecular formula is C72H133NO18. The van der Waals surface area contributed by atoms with Gasteiger partial charge in [0.1, 0.15) is 73.2 Å². The van der Waals surface area contributed by atoms with Gasteiger partial charge in [-0.05, 0) is 44.9 Å². The first-order valence-corrected chi connectivity index (χ1v) is 36.7. The van der Waals surface area contributed by atoms with Crippen LogP contribution in [0, 0.1) is 0 Å². The molecule has 19 nitrogen and oxygen atoms in total. The van der Waals surface area contributed by atoms with Crippen LogP contribution in [-0.2, 0) is 33.2 Å². The van der Waals surface area contributed by atoms with Crippen LogP contribution in [0.1, 0.15) is 284 Å². The van der Waals surface area contributed by atoms with Gasteiger partial charge in [-0.25, -0.2) is 0 Å². The smallest absolute Gasteiger partial charge is 0.220 e. The molecule has 0 bridgehead atoms. The predicted octanol–water partition coefficient (Wildman–Crippen LogP) is 10.4. The number of allylic oxidation sites excluding steroid dienone is 5. The van der Waals surface area contributed by atoms with Crippen molar-refractivity contribution < 1.29 is 89.4 Å². The van der Waals surface area contributed by atoms with Gasteiger partial charge in [0.2, 0.25) is 5.91 Å². The molecule has 3 fully saturated rings. The van der Waals surface area contributed by atoms with Crippen molar-refractivity contribution in [3.63, 3.8) is 0 Å². The molecule has 0 aliphatic carbocycles. The highest BCUT2D eigenvalue weighted by atomic mass is 16.8. The average Bonchev–Trinajstić information content (AvgIpc) is 0.887. The van der Waals surface area contributed by atoms with E-state index in [4.69, 9.17) is 28.4 Å². The normalized spacial score (nSPS) is 28.0. The van der Waals surface area contributed by atoms with Crippen molar-refractivity contribution in [1.29, 1.82) is 0 Å². The van der Waals surface area contributed by atoms with Crippen LogP contribution in [0.15, 0.2) is 36.5 Å². The number of unbranched alkanes of at least 4 members (excludes halogenated alkanes) is 37. The van der Waals surface area contributed by atoms with Crippen molar-refractivity contribution in [3.8, 4) is 0 Å². The van der Waals surface area contributed by atoms with E-state index < -0.39 is 124 Å². The number of nitrogens with one attached hydrogen (secondary N) is 1. The first-order valence-electron chi connectivity index (χ1n) is 36.7. The fourth-order valence-corrected chi connectivity index (χ4v) is 12.5. The van der Waals surface area contributed by atoms with Crippen LogP contribution in [0.3, 0.4) is 0 Å². The largest absolute Gasteiger partial charge is 0.394 e. The van der Waals surface area contributed by atoms with E-state index in [2.05, 4.69) is 43.5 Å². The van der Waals surface area contributed by atoms with Gasteiger partial charge >= 0.3 is 0 Å². The van der Waals surface area contributed by atoms with Crippen molar-refractivity contribution in [3.05, 3.63) is 36.5 Å². The van der Waals surface area contributed by atoms with Crippen molar-refractivity contribution in [1.82, 2.24) is 5.32 Å². The molecule has 0 aromatic rings. The molecule has 17 atom stereocenters. The van der Waals surface area contributed by atoms with E-state index in [1.807, 2.05) is 6.08 Å². The van der Waals surface area contributed by atoms with Gasteiger partial charge < -0.3 is 89.9 Å². The number of ether oxygens (including phenoxy) is 6. The second kappa shape index (κ2) is 54.1. The van der Waals surface area contributed by atoms with E-state index in [1.54, 1.807) is 6.08 Å². The summed E-state index contributed by atoms with van der Waals surface area (Å²) in [6.07, 6.45) is 37.1. The Balaban J connectivity index is 1.41. The Labute approximate surface area is 549 Å². The molecule has 0 spiro atoms. The lowest BCUT2D eigenvalue weighted by molar-refractivity contribution is -0.379. The number of aliphatic hydroxyl groups is 11. The molecule has 19 heteroatoms. The number of carbonyl (C=O) groups excluding carboxylic acids is 1. The van der Waals surface area contributed by atoms with Gasteiger partial charge in [-0.3, -0.25) is 4.79 Å². The Morgan fingerprint density at radius 3 is 1.10 bits per heavy atom. The topological polar surface area (TPSA) is 307 Å². The van der Waals surface area contributed by atoms with E-state index in [-0.39, 0.29) is 18.9 Å².